The van der Waals surface area contributed by atoms with Gasteiger partial charge in [0.25, 0.3) is 0 Å². The summed E-state index contributed by atoms with van der Waals surface area (Å²) in [6, 6.07) is 4.55. The standard InChI is InChI=1S/C12H11FIN3/c1-6-3-4-8(13)5-9(6)12-16-7(2)10(14)11(15)17-12/h3-5H,1-2H3,(H2,15,16,17). The van der Waals surface area contributed by atoms with Gasteiger partial charge in [-0.1, -0.05) is 6.07 Å². The summed E-state index contributed by atoms with van der Waals surface area (Å²) in [6.07, 6.45) is 0. The Morgan fingerprint density at radius 1 is 1.24 bits per heavy atom. The van der Waals surface area contributed by atoms with Gasteiger partial charge in [-0.3, -0.25) is 0 Å². The molecule has 2 rings (SSSR count). The Balaban J connectivity index is 2.64. The first-order valence-corrected chi connectivity index (χ1v) is 6.13. The number of anilines is 1. The molecule has 5 heteroatoms. The minimum Gasteiger partial charge on any atom is -0.383 e. The number of rotatable bonds is 1. The lowest BCUT2D eigenvalue weighted by atomic mass is 10.1. The van der Waals surface area contributed by atoms with Crippen molar-refractivity contribution in [1.82, 2.24) is 9.97 Å². The van der Waals surface area contributed by atoms with Crippen molar-refractivity contribution in [3.05, 3.63) is 38.8 Å². The lowest BCUT2D eigenvalue weighted by Crippen LogP contribution is -2.03. The van der Waals surface area contributed by atoms with Crippen LogP contribution in [-0.4, -0.2) is 9.97 Å². The lowest BCUT2D eigenvalue weighted by molar-refractivity contribution is 0.627. The third kappa shape index (κ3) is 2.38. The molecular weight excluding hydrogens is 332 g/mol. The third-order valence-corrected chi connectivity index (χ3v) is 3.82. The number of hydrogen-bond donors (Lipinski definition) is 1. The van der Waals surface area contributed by atoms with Crippen LogP contribution in [-0.2, 0) is 0 Å². The quantitative estimate of drug-likeness (QED) is 0.810. The van der Waals surface area contributed by atoms with E-state index < -0.39 is 0 Å². The molecule has 0 aliphatic heterocycles. The van der Waals surface area contributed by atoms with Crippen LogP contribution in [0.1, 0.15) is 11.3 Å². The Labute approximate surface area is 112 Å². The van der Waals surface area contributed by atoms with Crippen LogP contribution in [0.15, 0.2) is 18.2 Å². The fraction of sp³-hybridized carbons (Fsp3) is 0.167. The molecule has 0 fully saturated rings. The van der Waals surface area contributed by atoms with Gasteiger partial charge in [0, 0.05) is 5.56 Å². The van der Waals surface area contributed by atoms with Gasteiger partial charge in [0.1, 0.15) is 11.6 Å². The highest BCUT2D eigenvalue weighted by Gasteiger charge is 2.11. The molecule has 2 aromatic rings. The number of benzene rings is 1. The fourth-order valence-corrected chi connectivity index (χ4v) is 1.78. The van der Waals surface area contributed by atoms with Crippen molar-refractivity contribution in [2.24, 2.45) is 0 Å². The summed E-state index contributed by atoms with van der Waals surface area (Å²) in [7, 11) is 0. The fourth-order valence-electron chi connectivity index (χ4n) is 1.54. The van der Waals surface area contributed by atoms with E-state index in [1.54, 1.807) is 6.07 Å². The molecule has 3 nitrogen and oxygen atoms in total. The molecule has 0 aliphatic carbocycles. The number of aromatic nitrogens is 2. The number of nitrogens with zero attached hydrogens (tertiary/aromatic N) is 2. The molecule has 0 amide bonds. The van der Waals surface area contributed by atoms with Gasteiger partial charge in [-0.2, -0.15) is 0 Å². The molecule has 88 valence electrons. The maximum atomic E-state index is 13.2. The van der Waals surface area contributed by atoms with Gasteiger partial charge in [0.2, 0.25) is 0 Å². The van der Waals surface area contributed by atoms with Gasteiger partial charge in [-0.05, 0) is 54.1 Å². The Bertz CT molecular complexity index is 561. The van der Waals surface area contributed by atoms with Gasteiger partial charge < -0.3 is 5.73 Å². The summed E-state index contributed by atoms with van der Waals surface area (Å²) < 4.78 is 14.1. The minimum atomic E-state index is -0.302. The van der Waals surface area contributed by atoms with Crippen LogP contribution in [0.25, 0.3) is 11.4 Å². The zero-order valence-corrected chi connectivity index (χ0v) is 11.6. The molecule has 0 atom stereocenters. The van der Waals surface area contributed by atoms with E-state index in [9.17, 15) is 4.39 Å². The van der Waals surface area contributed by atoms with E-state index >= 15 is 0 Å². The van der Waals surface area contributed by atoms with Crippen LogP contribution in [0.2, 0.25) is 0 Å². The van der Waals surface area contributed by atoms with E-state index in [1.165, 1.54) is 12.1 Å². The Morgan fingerprint density at radius 3 is 2.59 bits per heavy atom. The maximum Gasteiger partial charge on any atom is 0.162 e. The van der Waals surface area contributed by atoms with E-state index in [0.29, 0.717) is 17.2 Å². The van der Waals surface area contributed by atoms with Crippen molar-refractivity contribution in [3.63, 3.8) is 0 Å². The van der Waals surface area contributed by atoms with E-state index in [-0.39, 0.29) is 5.82 Å². The second kappa shape index (κ2) is 4.56. The van der Waals surface area contributed by atoms with Crippen LogP contribution in [0.3, 0.4) is 0 Å². The largest absolute Gasteiger partial charge is 0.383 e. The molecule has 0 aliphatic rings. The molecule has 0 saturated carbocycles. The summed E-state index contributed by atoms with van der Waals surface area (Å²) >= 11 is 2.10. The Kier molecular flexibility index (Phi) is 3.28. The summed E-state index contributed by atoms with van der Waals surface area (Å²) in [5.41, 5.74) is 8.20. The van der Waals surface area contributed by atoms with E-state index in [0.717, 1.165) is 14.8 Å². The molecule has 1 aromatic carbocycles. The topological polar surface area (TPSA) is 51.8 Å². The van der Waals surface area contributed by atoms with Crippen LogP contribution in [0.5, 0.6) is 0 Å². The van der Waals surface area contributed by atoms with Gasteiger partial charge in [0.05, 0.1) is 9.26 Å². The molecule has 0 bridgehead atoms. The molecule has 0 saturated heterocycles. The van der Waals surface area contributed by atoms with Gasteiger partial charge >= 0.3 is 0 Å². The van der Waals surface area contributed by atoms with Crippen LogP contribution >= 0.6 is 22.6 Å². The smallest absolute Gasteiger partial charge is 0.162 e. The number of nitrogens with two attached hydrogens (primary N) is 1. The van der Waals surface area contributed by atoms with Crippen LogP contribution in [0.4, 0.5) is 10.2 Å². The van der Waals surface area contributed by atoms with Crippen molar-refractivity contribution >= 4 is 28.4 Å². The monoisotopic (exact) mass is 343 g/mol. The summed E-state index contributed by atoms with van der Waals surface area (Å²) in [5, 5.41) is 0. The van der Waals surface area contributed by atoms with Gasteiger partial charge in [0.15, 0.2) is 5.82 Å². The summed E-state index contributed by atoms with van der Waals surface area (Å²) in [6.45, 7) is 3.75. The predicted molar refractivity (Wildman–Crippen MR) is 74.0 cm³/mol. The number of nitrogen functional groups attached to an aromatic ring is 1. The highest BCUT2D eigenvalue weighted by atomic mass is 127. The number of hydrogen-bond acceptors (Lipinski definition) is 3. The van der Waals surface area contributed by atoms with Crippen LogP contribution in [0, 0.1) is 23.2 Å². The SMILES string of the molecule is Cc1ccc(F)cc1-c1nc(C)c(I)c(N)n1. The first kappa shape index (κ1) is 12.2. The third-order valence-electron chi connectivity index (χ3n) is 2.48. The molecule has 0 spiro atoms. The molecule has 1 heterocycles. The van der Waals surface area contributed by atoms with Crippen LogP contribution < -0.4 is 5.73 Å². The number of halogens is 2. The highest BCUT2D eigenvalue weighted by molar-refractivity contribution is 14.1. The molecule has 1 aromatic heterocycles. The Morgan fingerprint density at radius 2 is 1.94 bits per heavy atom. The molecule has 2 N–H and O–H groups in total. The van der Waals surface area contributed by atoms with Crippen molar-refractivity contribution < 1.29 is 4.39 Å². The highest BCUT2D eigenvalue weighted by Crippen LogP contribution is 2.24. The van der Waals surface area contributed by atoms with Gasteiger partial charge in [-0.25, -0.2) is 14.4 Å². The second-order valence-corrected chi connectivity index (χ2v) is 4.87. The molecule has 17 heavy (non-hydrogen) atoms. The molecular formula is C12H11FIN3. The van der Waals surface area contributed by atoms with Crippen molar-refractivity contribution in [3.8, 4) is 11.4 Å². The first-order valence-electron chi connectivity index (χ1n) is 5.05. The predicted octanol–water partition coefficient (Wildman–Crippen LogP) is 3.09. The summed E-state index contributed by atoms with van der Waals surface area (Å²) in [5.74, 6) is 0.596. The zero-order valence-electron chi connectivity index (χ0n) is 9.46. The van der Waals surface area contributed by atoms with Gasteiger partial charge in [-0.15, -0.1) is 0 Å². The zero-order chi connectivity index (χ0) is 12.6. The first-order chi connectivity index (χ1) is 7.99. The normalized spacial score (nSPS) is 10.6. The van der Waals surface area contributed by atoms with Crippen molar-refractivity contribution in [2.45, 2.75) is 13.8 Å². The molecule has 0 unspecified atom stereocenters. The average Bonchev–Trinajstić information content (AvgIpc) is 2.28. The minimum absolute atomic E-state index is 0.302. The van der Waals surface area contributed by atoms with E-state index in [4.69, 9.17) is 5.73 Å². The van der Waals surface area contributed by atoms with Crippen molar-refractivity contribution in [2.75, 3.05) is 5.73 Å². The summed E-state index contributed by atoms with van der Waals surface area (Å²) in [4.78, 5) is 8.54. The average molecular weight is 343 g/mol. The maximum absolute atomic E-state index is 13.2. The number of aryl methyl sites for hydroxylation is 2. The Hall–Kier alpha value is -1.24. The van der Waals surface area contributed by atoms with Crippen molar-refractivity contribution in [1.29, 1.82) is 0 Å². The molecule has 0 radical (unpaired) electrons. The lowest BCUT2D eigenvalue weighted by Gasteiger charge is -2.08. The second-order valence-electron chi connectivity index (χ2n) is 3.79. The van der Waals surface area contributed by atoms with E-state index in [1.807, 2.05) is 13.8 Å². The van der Waals surface area contributed by atoms with E-state index in [2.05, 4.69) is 32.6 Å².